The molecular weight excluding hydrogens is 232 g/mol. The van der Waals surface area contributed by atoms with Crippen LogP contribution in [0.15, 0.2) is 0 Å². The van der Waals surface area contributed by atoms with Gasteiger partial charge < -0.3 is 0 Å². The maximum Gasteiger partial charge on any atom is 0.330 e. The Hall–Kier alpha value is -1.39. The summed E-state index contributed by atoms with van der Waals surface area (Å²) in [6.45, 7) is 6.41. The van der Waals surface area contributed by atoms with Gasteiger partial charge in [0.15, 0.2) is 0 Å². The van der Waals surface area contributed by atoms with Gasteiger partial charge >= 0.3 is 6.03 Å². The number of nitrogens with one attached hydrogen (secondary N) is 1. The van der Waals surface area contributed by atoms with Gasteiger partial charge in [0.05, 0.1) is 0 Å². The number of amides is 4. The van der Waals surface area contributed by atoms with E-state index in [1.54, 1.807) is 0 Å². The molecule has 1 aliphatic heterocycles. The van der Waals surface area contributed by atoms with Gasteiger partial charge in [0.25, 0.3) is 0 Å². The predicted molar refractivity (Wildman–Crippen MR) is 65.6 cm³/mol. The average molecular weight is 252 g/mol. The summed E-state index contributed by atoms with van der Waals surface area (Å²) in [5, 5.41) is 2.33. The van der Waals surface area contributed by atoms with E-state index in [1.165, 1.54) is 4.90 Å². The van der Waals surface area contributed by atoms with Gasteiger partial charge in [-0.05, 0) is 24.7 Å². The van der Waals surface area contributed by atoms with E-state index in [2.05, 4.69) is 5.32 Å². The summed E-state index contributed by atoms with van der Waals surface area (Å²) in [6, 6.07) is -0.566. The second-order valence-electron chi connectivity index (χ2n) is 6.10. The van der Waals surface area contributed by atoms with Crippen molar-refractivity contribution in [2.24, 2.45) is 10.8 Å². The summed E-state index contributed by atoms with van der Waals surface area (Å²) in [7, 11) is 0. The van der Waals surface area contributed by atoms with Crippen LogP contribution in [0.2, 0.25) is 0 Å². The van der Waals surface area contributed by atoms with Crippen molar-refractivity contribution < 1.29 is 14.4 Å². The van der Waals surface area contributed by atoms with Crippen LogP contribution in [-0.4, -0.2) is 29.3 Å². The van der Waals surface area contributed by atoms with Gasteiger partial charge in [-0.25, -0.2) is 4.79 Å². The van der Waals surface area contributed by atoms with Crippen LogP contribution in [0.3, 0.4) is 0 Å². The Kier molecular flexibility index (Phi) is 2.95. The van der Waals surface area contributed by atoms with E-state index in [9.17, 15) is 14.4 Å². The number of imide groups is 2. The van der Waals surface area contributed by atoms with Gasteiger partial charge in [0, 0.05) is 6.54 Å². The van der Waals surface area contributed by atoms with Crippen molar-refractivity contribution in [1.29, 1.82) is 0 Å². The zero-order chi connectivity index (χ0) is 13.6. The highest BCUT2D eigenvalue weighted by molar-refractivity contribution is 6.19. The minimum Gasteiger partial charge on any atom is -0.277 e. The molecule has 0 aromatic heterocycles. The Bertz CT molecular complexity index is 410. The van der Waals surface area contributed by atoms with Gasteiger partial charge in [-0.1, -0.05) is 27.2 Å². The van der Waals surface area contributed by atoms with Gasteiger partial charge in [-0.2, -0.15) is 0 Å². The lowest BCUT2D eigenvalue weighted by Crippen LogP contribution is -2.67. The number of barbiturate groups is 1. The molecule has 2 fully saturated rings. The number of rotatable bonds is 3. The van der Waals surface area contributed by atoms with Crippen molar-refractivity contribution in [1.82, 2.24) is 10.2 Å². The summed E-state index contributed by atoms with van der Waals surface area (Å²) in [5.74, 6) is -0.710. The van der Waals surface area contributed by atoms with Gasteiger partial charge in [0.2, 0.25) is 11.8 Å². The van der Waals surface area contributed by atoms with E-state index in [1.807, 2.05) is 20.8 Å². The minimum atomic E-state index is -0.947. The molecule has 0 atom stereocenters. The van der Waals surface area contributed by atoms with Crippen molar-refractivity contribution in [3.63, 3.8) is 0 Å². The maximum absolute atomic E-state index is 12.4. The van der Waals surface area contributed by atoms with E-state index >= 15 is 0 Å². The van der Waals surface area contributed by atoms with Crippen LogP contribution in [-0.2, 0) is 9.59 Å². The quantitative estimate of drug-likeness (QED) is 0.777. The summed E-state index contributed by atoms with van der Waals surface area (Å²) < 4.78 is 0. The van der Waals surface area contributed by atoms with Gasteiger partial charge in [-0.3, -0.25) is 19.8 Å². The lowest BCUT2D eigenvalue weighted by atomic mass is 9.66. The van der Waals surface area contributed by atoms with E-state index in [0.29, 0.717) is 19.4 Å². The maximum atomic E-state index is 12.4. The minimum absolute atomic E-state index is 0.127. The molecule has 18 heavy (non-hydrogen) atoms. The smallest absolute Gasteiger partial charge is 0.277 e. The summed E-state index contributed by atoms with van der Waals surface area (Å²) in [6.07, 6.45) is 2.87. The molecule has 0 bridgehead atoms. The molecule has 0 radical (unpaired) electrons. The van der Waals surface area contributed by atoms with E-state index in [0.717, 1.165) is 12.8 Å². The van der Waals surface area contributed by atoms with Crippen LogP contribution in [0.25, 0.3) is 0 Å². The van der Waals surface area contributed by atoms with Crippen LogP contribution in [0.4, 0.5) is 4.79 Å². The zero-order valence-corrected chi connectivity index (χ0v) is 11.2. The summed E-state index contributed by atoms with van der Waals surface area (Å²) in [5.41, 5.74) is -1.07. The lowest BCUT2D eigenvalue weighted by Gasteiger charge is -2.46. The van der Waals surface area contributed by atoms with Gasteiger partial charge in [-0.15, -0.1) is 0 Å². The van der Waals surface area contributed by atoms with Crippen LogP contribution in [0, 0.1) is 10.8 Å². The first-order chi connectivity index (χ1) is 8.32. The van der Waals surface area contributed by atoms with E-state index in [4.69, 9.17) is 0 Å². The Morgan fingerprint density at radius 3 is 2.33 bits per heavy atom. The van der Waals surface area contributed by atoms with Crippen molar-refractivity contribution in [2.75, 3.05) is 6.54 Å². The van der Waals surface area contributed by atoms with Crippen molar-refractivity contribution >= 4 is 17.8 Å². The van der Waals surface area contributed by atoms with E-state index < -0.39 is 17.4 Å². The third-order valence-corrected chi connectivity index (χ3v) is 4.31. The molecule has 2 aliphatic rings. The first-order valence-electron chi connectivity index (χ1n) is 6.50. The van der Waals surface area contributed by atoms with Crippen molar-refractivity contribution in [3.05, 3.63) is 0 Å². The lowest BCUT2D eigenvalue weighted by molar-refractivity contribution is -0.158. The molecule has 0 aromatic rings. The fourth-order valence-electron chi connectivity index (χ4n) is 2.39. The second kappa shape index (κ2) is 4.07. The Morgan fingerprint density at radius 2 is 1.89 bits per heavy atom. The zero-order valence-electron chi connectivity index (χ0n) is 11.2. The number of carbonyl (C=O) groups is 3. The first-order valence-corrected chi connectivity index (χ1v) is 6.50. The molecule has 1 saturated heterocycles. The number of hydrogen-bond donors (Lipinski definition) is 1. The Morgan fingerprint density at radius 1 is 1.28 bits per heavy atom. The second-order valence-corrected chi connectivity index (χ2v) is 6.10. The molecule has 100 valence electrons. The molecular formula is C13H20N2O3. The Balaban J connectivity index is 2.22. The Labute approximate surface area is 107 Å². The molecule has 1 aliphatic carbocycles. The third-order valence-electron chi connectivity index (χ3n) is 4.31. The highest BCUT2D eigenvalue weighted by atomic mass is 16.2. The number of hydrogen-bond acceptors (Lipinski definition) is 3. The standard InChI is InChI=1S/C13H20N2O3/c1-4-12(2,3)8-15-10(17)13(6-5-7-13)9(16)14-11(15)18/h4-8H2,1-3H3,(H,14,16,18). The van der Waals surface area contributed by atoms with Crippen LogP contribution in [0.5, 0.6) is 0 Å². The van der Waals surface area contributed by atoms with E-state index in [-0.39, 0.29) is 11.3 Å². The molecule has 4 amide bonds. The highest BCUT2D eigenvalue weighted by Gasteiger charge is 2.57. The topological polar surface area (TPSA) is 66.5 Å². The average Bonchev–Trinajstić information content (AvgIpc) is 2.22. The fraction of sp³-hybridized carbons (Fsp3) is 0.769. The number of urea groups is 1. The SMILES string of the molecule is CCC(C)(C)CN1C(=O)NC(=O)C2(CCC2)C1=O. The molecule has 0 unspecified atom stereocenters. The molecule has 5 nitrogen and oxygen atoms in total. The fourth-order valence-corrected chi connectivity index (χ4v) is 2.39. The first kappa shape index (κ1) is 13.1. The molecule has 0 aromatic carbocycles. The summed E-state index contributed by atoms with van der Waals surface area (Å²) >= 11 is 0. The molecule has 1 spiro atoms. The number of nitrogens with zero attached hydrogens (tertiary/aromatic N) is 1. The van der Waals surface area contributed by atoms with Crippen LogP contribution >= 0.6 is 0 Å². The largest absolute Gasteiger partial charge is 0.330 e. The normalized spacial score (nSPS) is 23.1. The predicted octanol–water partition coefficient (Wildman–Crippen LogP) is 1.67. The third kappa shape index (κ3) is 1.82. The molecule has 2 rings (SSSR count). The van der Waals surface area contributed by atoms with Crippen molar-refractivity contribution in [2.45, 2.75) is 46.5 Å². The highest BCUT2D eigenvalue weighted by Crippen LogP contribution is 2.44. The van der Waals surface area contributed by atoms with Crippen molar-refractivity contribution in [3.8, 4) is 0 Å². The monoisotopic (exact) mass is 252 g/mol. The molecule has 1 heterocycles. The van der Waals surface area contributed by atoms with Crippen LogP contribution in [0.1, 0.15) is 46.5 Å². The molecule has 1 N–H and O–H groups in total. The van der Waals surface area contributed by atoms with Crippen LogP contribution < -0.4 is 5.32 Å². The summed E-state index contributed by atoms with van der Waals surface area (Å²) in [4.78, 5) is 37.2. The molecule has 5 heteroatoms. The van der Waals surface area contributed by atoms with Gasteiger partial charge in [0.1, 0.15) is 5.41 Å². The number of carbonyl (C=O) groups excluding carboxylic acids is 3. The molecule has 1 saturated carbocycles.